The van der Waals surface area contributed by atoms with E-state index in [0.717, 1.165) is 75.1 Å². The molecule has 0 radical (unpaired) electrons. The number of methoxy groups -OCH3 is 1. The van der Waals surface area contributed by atoms with Crippen LogP contribution in [0.25, 0.3) is 44.9 Å². The van der Waals surface area contributed by atoms with Crippen LogP contribution in [0, 0.1) is 17.8 Å². The van der Waals surface area contributed by atoms with Crippen LogP contribution >= 0.6 is 0 Å². The number of ether oxygens (including phenoxy) is 1. The number of rotatable bonds is 17. The van der Waals surface area contributed by atoms with Gasteiger partial charge < -0.3 is 18.2 Å². The van der Waals surface area contributed by atoms with Crippen molar-refractivity contribution in [2.24, 2.45) is 17.8 Å². The molecule has 0 spiro atoms. The number of halogens is 12. The Morgan fingerprint density at radius 3 is 1.01 bits per heavy atom. The Bertz CT molecular complexity index is 4720. The van der Waals surface area contributed by atoms with Crippen LogP contribution in [-0.2, 0) is 54.2 Å². The molecule has 558 valence electrons. The molecular weight excluding hydrogens is 1420 g/mol. The van der Waals surface area contributed by atoms with Gasteiger partial charge in [0.05, 0.1) is 64.9 Å². The number of benzene rings is 3. The van der Waals surface area contributed by atoms with Crippen LogP contribution in [0.3, 0.4) is 0 Å². The van der Waals surface area contributed by atoms with Crippen LogP contribution in [-0.4, -0.2) is 89.9 Å². The van der Waals surface area contributed by atoms with Crippen molar-refractivity contribution in [1.82, 2.24) is 50.5 Å². The van der Waals surface area contributed by atoms with Gasteiger partial charge in [0.15, 0.2) is 22.8 Å². The van der Waals surface area contributed by atoms with Crippen LogP contribution in [0.4, 0.5) is 52.7 Å². The van der Waals surface area contributed by atoms with Gasteiger partial charge >= 0.3 is 41.3 Å². The number of nitrogens with zero attached hydrogens (tertiary/aromatic N) is 10. The minimum absolute atomic E-state index is 0.0719. The molecule has 30 heteroatoms. The van der Waals surface area contributed by atoms with Crippen molar-refractivity contribution >= 4 is 22.7 Å². The van der Waals surface area contributed by atoms with Gasteiger partial charge in [-0.05, 0) is 150 Å². The van der Waals surface area contributed by atoms with Gasteiger partial charge in [0, 0.05) is 68.1 Å². The SMILES string of the molecule is CC(C)C(C)(c1ccc(-c2ccc(C(F)(F)F)nn2)cc1)c1ccc(B2OC(C)(C)C(C)(C)O2)cn1.CC(C)C(C)(c1ccc(-c2ccc(C(F)(F)F)nn2)cc1)c1ccc(OS(=O)(=O)C(F)(F)F)cn1.COc1cncc(-c2ccc(C(C)(c3ccc(-c4ccc(C(F)(F)F)nn4)cc3)C(C)C)nc2)c1. The van der Waals surface area contributed by atoms with E-state index in [0.29, 0.717) is 39.5 Å². The number of aromatic nitrogens is 10. The van der Waals surface area contributed by atoms with E-state index in [1.165, 1.54) is 24.3 Å². The first-order chi connectivity index (χ1) is 49.3. The van der Waals surface area contributed by atoms with Crippen molar-refractivity contribution < 1.29 is 79.3 Å². The first kappa shape index (κ1) is 80.3. The predicted molar refractivity (Wildman–Crippen MR) is 375 cm³/mol. The fourth-order valence-corrected chi connectivity index (χ4v) is 12.0. The van der Waals surface area contributed by atoms with Crippen LogP contribution in [0.1, 0.15) is 141 Å². The zero-order chi connectivity index (χ0) is 78.0. The molecule has 3 unspecified atom stereocenters. The predicted octanol–water partition coefficient (Wildman–Crippen LogP) is 18.2. The van der Waals surface area contributed by atoms with Crippen LogP contribution in [0.2, 0.25) is 0 Å². The summed E-state index contributed by atoms with van der Waals surface area (Å²) in [5.74, 6) is 0.447. The highest BCUT2D eigenvalue weighted by atomic mass is 32.2. The largest absolute Gasteiger partial charge is 0.534 e. The van der Waals surface area contributed by atoms with Crippen molar-refractivity contribution in [3.63, 3.8) is 0 Å². The maximum atomic E-state index is 12.8. The molecule has 1 aliphatic rings. The maximum Gasteiger partial charge on any atom is 0.534 e. The number of hydrogen-bond acceptors (Lipinski definition) is 16. The van der Waals surface area contributed by atoms with E-state index < -0.39 is 91.6 Å². The van der Waals surface area contributed by atoms with Crippen LogP contribution < -0.4 is 14.4 Å². The fraction of sp³-hybridized carbons (Fsp3) is 0.342. The molecule has 3 atom stereocenters. The molecule has 1 saturated heterocycles. The van der Waals surface area contributed by atoms with Crippen LogP contribution in [0.15, 0.2) is 183 Å². The lowest BCUT2D eigenvalue weighted by atomic mass is 9.70. The quantitative estimate of drug-likeness (QED) is 0.0360. The van der Waals surface area contributed by atoms with Crippen molar-refractivity contribution in [2.75, 3.05) is 7.11 Å². The number of pyridine rings is 4. The van der Waals surface area contributed by atoms with Crippen LogP contribution in [0.5, 0.6) is 11.5 Å². The number of alkyl halides is 12. The van der Waals surface area contributed by atoms with Crippen molar-refractivity contribution in [2.45, 2.75) is 141 Å². The lowest BCUT2D eigenvalue weighted by molar-refractivity contribution is -0.142. The molecule has 8 heterocycles. The normalized spacial score (nSPS) is 15.7. The fourth-order valence-electron chi connectivity index (χ4n) is 11.5. The molecule has 0 bridgehead atoms. The molecule has 0 amide bonds. The lowest BCUT2D eigenvalue weighted by Crippen LogP contribution is -2.41. The Morgan fingerprint density at radius 1 is 0.387 bits per heavy atom. The third kappa shape index (κ3) is 17.3. The Balaban J connectivity index is 0.000000184. The summed E-state index contributed by atoms with van der Waals surface area (Å²) < 4.78 is 197. The third-order valence-corrected chi connectivity index (χ3v) is 20.8. The molecule has 106 heavy (non-hydrogen) atoms. The molecule has 0 aliphatic carbocycles. The first-order valence-corrected chi connectivity index (χ1v) is 34.5. The second-order valence-electron chi connectivity index (χ2n) is 27.7. The first-order valence-electron chi connectivity index (χ1n) is 33.1. The summed E-state index contributed by atoms with van der Waals surface area (Å²) in [7, 11) is -4.70. The zero-order valence-corrected chi connectivity index (χ0v) is 60.8. The molecule has 11 rings (SSSR count). The van der Waals surface area contributed by atoms with E-state index in [-0.39, 0.29) is 23.4 Å². The highest BCUT2D eigenvalue weighted by Crippen LogP contribution is 2.44. The molecule has 7 aromatic heterocycles. The zero-order valence-electron chi connectivity index (χ0n) is 60.0. The summed E-state index contributed by atoms with van der Waals surface area (Å²) >= 11 is 0. The van der Waals surface area contributed by atoms with Gasteiger partial charge in [-0.2, -0.15) is 61.1 Å². The van der Waals surface area contributed by atoms with E-state index in [2.05, 4.69) is 86.3 Å². The molecular formula is C76H75BF12N10O6S. The smallest absolute Gasteiger partial charge is 0.495 e. The van der Waals surface area contributed by atoms with E-state index in [1.54, 1.807) is 43.8 Å². The van der Waals surface area contributed by atoms with Gasteiger partial charge in [-0.15, -0.1) is 30.6 Å². The highest BCUT2D eigenvalue weighted by molar-refractivity contribution is 7.88. The van der Waals surface area contributed by atoms with Gasteiger partial charge in [-0.3, -0.25) is 19.9 Å². The average molecular weight is 1500 g/mol. The molecule has 0 saturated carbocycles. The Labute approximate surface area is 606 Å². The molecule has 10 aromatic rings. The summed E-state index contributed by atoms with van der Waals surface area (Å²) in [6, 6.07) is 41.1. The van der Waals surface area contributed by atoms with Crippen molar-refractivity contribution in [3.05, 3.63) is 233 Å². The summed E-state index contributed by atoms with van der Waals surface area (Å²) in [6.07, 6.45) is -5.67. The lowest BCUT2D eigenvalue weighted by Gasteiger charge is -2.34. The molecule has 3 aromatic carbocycles. The Morgan fingerprint density at radius 2 is 0.726 bits per heavy atom. The van der Waals surface area contributed by atoms with Gasteiger partial charge in [-0.1, -0.05) is 126 Å². The Hall–Kier alpha value is -9.81. The maximum absolute atomic E-state index is 12.8. The topological polar surface area (TPSA) is 200 Å². The van der Waals surface area contributed by atoms with E-state index in [1.807, 2.05) is 140 Å². The molecule has 1 aliphatic heterocycles. The van der Waals surface area contributed by atoms with Gasteiger partial charge in [0.2, 0.25) is 0 Å². The summed E-state index contributed by atoms with van der Waals surface area (Å²) in [6.45, 7) is 26.5. The summed E-state index contributed by atoms with van der Waals surface area (Å²) in [5, 5.41) is 21.0. The minimum atomic E-state index is -5.82. The Kier molecular flexibility index (Phi) is 23.2. The highest BCUT2D eigenvalue weighted by Gasteiger charge is 2.52. The van der Waals surface area contributed by atoms with Gasteiger partial charge in [0.25, 0.3) is 0 Å². The van der Waals surface area contributed by atoms with E-state index >= 15 is 0 Å². The van der Waals surface area contributed by atoms with Gasteiger partial charge in [-0.25, -0.2) is 0 Å². The molecule has 1 fully saturated rings. The third-order valence-electron chi connectivity index (χ3n) is 19.8. The number of hydrogen-bond donors (Lipinski definition) is 0. The molecule has 16 nitrogen and oxygen atoms in total. The van der Waals surface area contributed by atoms with Crippen molar-refractivity contribution in [3.8, 4) is 56.4 Å². The second kappa shape index (κ2) is 30.6. The monoisotopic (exact) mass is 1490 g/mol. The summed E-state index contributed by atoms with van der Waals surface area (Å²) in [5.41, 5.74) is -0.420. The summed E-state index contributed by atoms with van der Waals surface area (Å²) in [4.78, 5) is 18.0. The second-order valence-corrected chi connectivity index (χ2v) is 29.2. The molecule has 0 N–H and O–H groups in total. The van der Waals surface area contributed by atoms with Crippen molar-refractivity contribution in [1.29, 1.82) is 0 Å². The average Bonchev–Trinajstić information content (AvgIpc) is 1.26. The van der Waals surface area contributed by atoms with E-state index in [9.17, 15) is 61.1 Å². The van der Waals surface area contributed by atoms with E-state index in [4.69, 9.17) is 24.0 Å². The standard InChI is InChI=1S/C27H31BF3N3O2.C27H25F3N4O.C22H19F6N3O3S/c1-17(2)26(7,22-14-12-20(16-32-22)28-35-24(3,4)25(5,6)36-28)19-10-8-18(9-11-19)21-13-15-23(34-33-21)27(29,30)31;1-17(2)26(3,24-11-7-19(15-32-24)20-13-22(35-4)16-31-14-20)21-8-5-18(6-9-21)23-10-12-25(34-33-23)27(28,29)30;1-13(2)20(3,18-10-8-16(12-29-18)34-35(32,33)22(26,27)28)15-6-4-14(5-7-15)17-9-11-19(31-30-17)21(23,24)25/h8-17H,1-7H3;5-17H,1-4H3;4-13H,1-3H3. The minimum Gasteiger partial charge on any atom is -0.495 e. The van der Waals surface area contributed by atoms with Gasteiger partial charge in [0.1, 0.15) is 5.75 Å².